The van der Waals surface area contributed by atoms with Gasteiger partial charge in [0.2, 0.25) is 0 Å². The van der Waals surface area contributed by atoms with Gasteiger partial charge in [-0.1, -0.05) is 6.07 Å². The molecule has 1 amide bonds. The van der Waals surface area contributed by atoms with Gasteiger partial charge >= 0.3 is 0 Å². The van der Waals surface area contributed by atoms with Gasteiger partial charge in [0.15, 0.2) is 0 Å². The molecule has 168 valence electrons. The van der Waals surface area contributed by atoms with Crippen LogP contribution in [-0.4, -0.2) is 59.8 Å². The Morgan fingerprint density at radius 2 is 2.12 bits per heavy atom. The molecule has 0 unspecified atom stereocenters. The highest BCUT2D eigenvalue weighted by molar-refractivity contribution is 6.02. The predicted octanol–water partition coefficient (Wildman–Crippen LogP) is 1.51. The van der Waals surface area contributed by atoms with Gasteiger partial charge in [0.05, 0.1) is 23.9 Å². The fourth-order valence-electron chi connectivity index (χ4n) is 4.21. The van der Waals surface area contributed by atoms with E-state index in [1.165, 1.54) is 10.5 Å². The number of pyridine rings is 1. The fourth-order valence-corrected chi connectivity index (χ4v) is 4.21. The maximum atomic E-state index is 13.4. The fraction of sp³-hybridized carbons (Fsp3) is 0.478. The molecule has 4 rings (SSSR count). The molecule has 2 aliphatic rings. The van der Waals surface area contributed by atoms with Gasteiger partial charge in [0, 0.05) is 32.4 Å². The quantitative estimate of drug-likeness (QED) is 0.558. The van der Waals surface area contributed by atoms with Crippen molar-refractivity contribution in [2.24, 2.45) is 0 Å². The Kier molecular flexibility index (Phi) is 6.53. The third-order valence-electron chi connectivity index (χ3n) is 5.64. The number of carbonyl (C=O) groups is 1. The average molecular weight is 438 g/mol. The maximum Gasteiger partial charge on any atom is 0.267 e. The Morgan fingerprint density at radius 1 is 1.34 bits per heavy atom. The summed E-state index contributed by atoms with van der Waals surface area (Å²) in [6.07, 6.45) is 4.67. The van der Waals surface area contributed by atoms with E-state index in [2.05, 4.69) is 5.32 Å². The Labute approximate surface area is 186 Å². The van der Waals surface area contributed by atoms with E-state index in [1.807, 2.05) is 30.9 Å². The summed E-state index contributed by atoms with van der Waals surface area (Å²) in [5.74, 6) is -0.0851. The standard InChI is InChI=1S/C23H27N5O4/c1-15-13-27(14-16(2)32-15)21-19(23(30)28-8-4-3-7-20(28)26-21)10-17(11-24)22(29)25-12-18-6-5-9-31-18/h3-4,7-8,10,15-16,18H,5-6,9,12-14H2,1-2H3,(H,25,29)/b17-10+/t15-,16-,18-/m1/s1. The van der Waals surface area contributed by atoms with Gasteiger partial charge in [-0.05, 0) is 44.9 Å². The lowest BCUT2D eigenvalue weighted by Gasteiger charge is -2.36. The first-order valence-corrected chi connectivity index (χ1v) is 10.9. The van der Waals surface area contributed by atoms with E-state index >= 15 is 0 Å². The Bertz CT molecular complexity index is 1120. The van der Waals surface area contributed by atoms with Crippen LogP contribution in [0.1, 0.15) is 32.3 Å². The second kappa shape index (κ2) is 9.51. The molecular weight excluding hydrogens is 410 g/mol. The minimum Gasteiger partial charge on any atom is -0.376 e. The number of anilines is 1. The zero-order valence-electron chi connectivity index (χ0n) is 18.3. The largest absolute Gasteiger partial charge is 0.376 e. The number of aromatic nitrogens is 2. The highest BCUT2D eigenvalue weighted by Crippen LogP contribution is 2.23. The Balaban J connectivity index is 1.73. The predicted molar refractivity (Wildman–Crippen MR) is 119 cm³/mol. The lowest BCUT2D eigenvalue weighted by Crippen LogP contribution is -2.46. The third kappa shape index (κ3) is 4.66. The van der Waals surface area contributed by atoms with Gasteiger partial charge in [0.1, 0.15) is 23.1 Å². The van der Waals surface area contributed by atoms with E-state index in [0.717, 1.165) is 12.8 Å². The number of carbonyl (C=O) groups excluding carboxylic acids is 1. The third-order valence-corrected chi connectivity index (χ3v) is 5.64. The van der Waals surface area contributed by atoms with Crippen molar-refractivity contribution < 1.29 is 14.3 Å². The summed E-state index contributed by atoms with van der Waals surface area (Å²) >= 11 is 0. The number of morpholine rings is 1. The molecule has 2 aromatic rings. The molecule has 2 fully saturated rings. The van der Waals surface area contributed by atoms with Crippen LogP contribution in [0.4, 0.5) is 5.82 Å². The lowest BCUT2D eigenvalue weighted by atomic mass is 10.1. The number of hydrogen-bond acceptors (Lipinski definition) is 7. The Hall–Kier alpha value is -3.22. The minimum absolute atomic E-state index is 0.0428. The zero-order valence-corrected chi connectivity index (χ0v) is 18.3. The molecule has 0 spiro atoms. The van der Waals surface area contributed by atoms with Crippen LogP contribution in [0.2, 0.25) is 0 Å². The highest BCUT2D eigenvalue weighted by atomic mass is 16.5. The van der Waals surface area contributed by atoms with Crippen molar-refractivity contribution in [2.75, 3.05) is 31.1 Å². The number of ether oxygens (including phenoxy) is 2. The maximum absolute atomic E-state index is 13.4. The van der Waals surface area contributed by atoms with Crippen LogP contribution in [0, 0.1) is 11.3 Å². The smallest absolute Gasteiger partial charge is 0.267 e. The molecule has 0 saturated carbocycles. The van der Waals surface area contributed by atoms with E-state index in [1.54, 1.807) is 18.3 Å². The number of rotatable bonds is 5. The molecule has 4 heterocycles. The molecule has 2 aromatic heterocycles. The summed E-state index contributed by atoms with van der Waals surface area (Å²) < 4.78 is 12.8. The van der Waals surface area contributed by atoms with Crippen molar-refractivity contribution in [1.82, 2.24) is 14.7 Å². The summed E-state index contributed by atoms with van der Waals surface area (Å²) in [6, 6.07) is 7.24. The first kappa shape index (κ1) is 22.0. The number of hydrogen-bond donors (Lipinski definition) is 1. The molecule has 0 aliphatic carbocycles. The zero-order chi connectivity index (χ0) is 22.7. The molecule has 2 saturated heterocycles. The summed E-state index contributed by atoms with van der Waals surface area (Å²) in [5.41, 5.74) is 0.224. The van der Waals surface area contributed by atoms with Crippen LogP contribution in [0.5, 0.6) is 0 Å². The monoisotopic (exact) mass is 437 g/mol. The molecule has 32 heavy (non-hydrogen) atoms. The summed E-state index contributed by atoms with van der Waals surface area (Å²) in [7, 11) is 0. The molecule has 2 aliphatic heterocycles. The summed E-state index contributed by atoms with van der Waals surface area (Å²) in [4.78, 5) is 32.7. The van der Waals surface area contributed by atoms with E-state index in [0.29, 0.717) is 37.7 Å². The number of amides is 1. The number of nitriles is 1. The van der Waals surface area contributed by atoms with Crippen LogP contribution >= 0.6 is 0 Å². The molecule has 0 bridgehead atoms. The second-order valence-corrected chi connectivity index (χ2v) is 8.26. The van der Waals surface area contributed by atoms with Gasteiger partial charge in [-0.15, -0.1) is 0 Å². The van der Waals surface area contributed by atoms with Crippen molar-refractivity contribution in [3.05, 3.63) is 45.9 Å². The van der Waals surface area contributed by atoms with Crippen molar-refractivity contribution >= 4 is 23.4 Å². The lowest BCUT2D eigenvalue weighted by molar-refractivity contribution is -0.117. The van der Waals surface area contributed by atoms with E-state index in [4.69, 9.17) is 14.5 Å². The van der Waals surface area contributed by atoms with Crippen LogP contribution in [0.25, 0.3) is 11.7 Å². The molecular formula is C23H27N5O4. The topological polar surface area (TPSA) is 109 Å². The minimum atomic E-state index is -0.532. The van der Waals surface area contributed by atoms with Gasteiger partial charge in [-0.25, -0.2) is 4.98 Å². The van der Waals surface area contributed by atoms with Crippen molar-refractivity contribution in [3.8, 4) is 6.07 Å². The number of nitrogens with zero attached hydrogens (tertiary/aromatic N) is 4. The van der Waals surface area contributed by atoms with Crippen LogP contribution in [0.3, 0.4) is 0 Å². The highest BCUT2D eigenvalue weighted by Gasteiger charge is 2.27. The molecule has 9 heteroatoms. The number of nitrogens with one attached hydrogen (secondary N) is 1. The van der Waals surface area contributed by atoms with Crippen LogP contribution in [0.15, 0.2) is 34.8 Å². The normalized spacial score (nSPS) is 23.8. The van der Waals surface area contributed by atoms with Crippen LogP contribution < -0.4 is 15.8 Å². The van der Waals surface area contributed by atoms with Crippen molar-refractivity contribution in [3.63, 3.8) is 0 Å². The molecule has 0 radical (unpaired) electrons. The van der Waals surface area contributed by atoms with Gasteiger partial charge in [-0.3, -0.25) is 14.0 Å². The van der Waals surface area contributed by atoms with Crippen molar-refractivity contribution in [2.45, 2.75) is 45.0 Å². The average Bonchev–Trinajstić information content (AvgIpc) is 3.30. The number of fused-ring (bicyclic) bond motifs is 1. The molecule has 1 N–H and O–H groups in total. The van der Waals surface area contributed by atoms with Gasteiger partial charge in [0.25, 0.3) is 11.5 Å². The van der Waals surface area contributed by atoms with Crippen LogP contribution in [-0.2, 0) is 14.3 Å². The van der Waals surface area contributed by atoms with Gasteiger partial charge in [-0.2, -0.15) is 5.26 Å². The first-order chi connectivity index (χ1) is 15.5. The molecule has 0 aromatic carbocycles. The molecule has 3 atom stereocenters. The van der Waals surface area contributed by atoms with Crippen molar-refractivity contribution in [1.29, 1.82) is 5.26 Å². The first-order valence-electron chi connectivity index (χ1n) is 10.9. The Morgan fingerprint density at radius 3 is 2.81 bits per heavy atom. The molecule has 9 nitrogen and oxygen atoms in total. The van der Waals surface area contributed by atoms with E-state index < -0.39 is 5.91 Å². The summed E-state index contributed by atoms with van der Waals surface area (Å²) in [6.45, 7) is 6.04. The van der Waals surface area contributed by atoms with E-state index in [9.17, 15) is 14.9 Å². The van der Waals surface area contributed by atoms with E-state index in [-0.39, 0.29) is 35.0 Å². The summed E-state index contributed by atoms with van der Waals surface area (Å²) in [5, 5.41) is 12.4. The second-order valence-electron chi connectivity index (χ2n) is 8.26. The SMILES string of the molecule is C[C@@H]1CN(c2nc3ccccn3c(=O)c2/C=C(\C#N)C(=O)NC[C@H]2CCCO2)C[C@@H](C)O1. The van der Waals surface area contributed by atoms with Gasteiger partial charge < -0.3 is 19.7 Å².